The monoisotopic (exact) mass is 210 g/mol. The van der Waals surface area contributed by atoms with Crippen molar-refractivity contribution in [1.82, 2.24) is 4.90 Å². The lowest BCUT2D eigenvalue weighted by molar-refractivity contribution is -0.126. The highest BCUT2D eigenvalue weighted by Gasteiger charge is 2.10. The third-order valence-electron chi connectivity index (χ3n) is 2.46. The van der Waals surface area contributed by atoms with Gasteiger partial charge in [-0.25, -0.2) is 0 Å². The average molecular weight is 210 g/mol. The normalized spacial score (nSPS) is 14.3. The Hall–Kier alpha value is -1.25. The molecule has 3 nitrogen and oxygen atoms in total. The number of allylic oxidation sites excluding steroid dienone is 2. The molecule has 0 rings (SSSR count). The summed E-state index contributed by atoms with van der Waals surface area (Å²) in [6, 6.07) is 0.263. The fourth-order valence-electron chi connectivity index (χ4n) is 1.08. The van der Waals surface area contributed by atoms with Gasteiger partial charge in [0, 0.05) is 24.9 Å². The number of rotatable bonds is 5. The molecule has 0 aliphatic rings. The molecule has 15 heavy (non-hydrogen) atoms. The van der Waals surface area contributed by atoms with Gasteiger partial charge in [-0.3, -0.25) is 4.79 Å². The van der Waals surface area contributed by atoms with E-state index in [9.17, 15) is 4.79 Å². The molecule has 0 heterocycles. The van der Waals surface area contributed by atoms with Gasteiger partial charge in [-0.15, -0.1) is 0 Å². The van der Waals surface area contributed by atoms with Crippen LogP contribution >= 0.6 is 0 Å². The molecule has 0 aromatic carbocycles. The summed E-state index contributed by atoms with van der Waals surface area (Å²) in [5.41, 5.74) is 6.29. The van der Waals surface area contributed by atoms with Crippen LogP contribution in [0.4, 0.5) is 0 Å². The van der Waals surface area contributed by atoms with Crippen molar-refractivity contribution in [3.05, 3.63) is 23.9 Å². The second-order valence-electron chi connectivity index (χ2n) is 3.65. The molecule has 2 N–H and O–H groups in total. The van der Waals surface area contributed by atoms with Gasteiger partial charge in [0.25, 0.3) is 0 Å². The van der Waals surface area contributed by atoms with Crippen molar-refractivity contribution in [3.63, 3.8) is 0 Å². The second-order valence-corrected chi connectivity index (χ2v) is 3.65. The lowest BCUT2D eigenvalue weighted by Crippen LogP contribution is -2.33. The summed E-state index contributed by atoms with van der Waals surface area (Å²) in [5.74, 6) is -0.00296. The van der Waals surface area contributed by atoms with E-state index < -0.39 is 0 Å². The van der Waals surface area contributed by atoms with Crippen molar-refractivity contribution in [1.29, 1.82) is 0 Å². The number of amides is 1. The highest BCUT2D eigenvalue weighted by Crippen LogP contribution is 2.01. The van der Waals surface area contributed by atoms with Crippen LogP contribution in [-0.4, -0.2) is 23.9 Å². The zero-order valence-electron chi connectivity index (χ0n) is 10.2. The lowest BCUT2D eigenvalue weighted by atomic mass is 10.2. The summed E-state index contributed by atoms with van der Waals surface area (Å²) < 4.78 is 0. The minimum Gasteiger partial charge on any atom is -0.399 e. The molecule has 0 saturated heterocycles. The van der Waals surface area contributed by atoms with E-state index in [0.717, 1.165) is 12.8 Å². The van der Waals surface area contributed by atoms with Crippen molar-refractivity contribution in [2.24, 2.45) is 5.73 Å². The Morgan fingerprint density at radius 3 is 2.47 bits per heavy atom. The van der Waals surface area contributed by atoms with E-state index >= 15 is 0 Å². The molecule has 0 spiro atoms. The number of carbonyl (C=O) groups excluding carboxylic acids is 1. The van der Waals surface area contributed by atoms with Crippen LogP contribution in [-0.2, 0) is 4.79 Å². The van der Waals surface area contributed by atoms with Gasteiger partial charge in [-0.2, -0.15) is 0 Å². The van der Waals surface area contributed by atoms with Crippen molar-refractivity contribution >= 4 is 5.91 Å². The largest absolute Gasteiger partial charge is 0.399 e. The Labute approximate surface area is 92.6 Å². The molecule has 0 aromatic heterocycles. The van der Waals surface area contributed by atoms with Gasteiger partial charge in [0.2, 0.25) is 5.91 Å². The summed E-state index contributed by atoms with van der Waals surface area (Å²) in [6.45, 7) is 6.09. The van der Waals surface area contributed by atoms with E-state index in [1.807, 2.05) is 19.9 Å². The SMILES string of the molecule is CC/C=C(N)/C=C\C(=O)N(C)C(C)CC. The van der Waals surface area contributed by atoms with Crippen LogP contribution in [0, 0.1) is 0 Å². The van der Waals surface area contributed by atoms with E-state index in [4.69, 9.17) is 5.73 Å². The van der Waals surface area contributed by atoms with Gasteiger partial charge < -0.3 is 10.6 Å². The third kappa shape index (κ3) is 5.25. The molecule has 1 atom stereocenters. The molecule has 0 radical (unpaired) electrons. The van der Waals surface area contributed by atoms with Crippen molar-refractivity contribution in [2.45, 2.75) is 39.7 Å². The lowest BCUT2D eigenvalue weighted by Gasteiger charge is -2.22. The summed E-state index contributed by atoms with van der Waals surface area (Å²) in [6.07, 6.45) is 6.90. The van der Waals surface area contributed by atoms with Crippen LogP contribution in [0.1, 0.15) is 33.6 Å². The third-order valence-corrected chi connectivity index (χ3v) is 2.46. The fraction of sp³-hybridized carbons (Fsp3) is 0.583. The maximum atomic E-state index is 11.6. The molecule has 1 unspecified atom stereocenters. The molecule has 0 fully saturated rings. The molecule has 0 aromatic rings. The van der Waals surface area contributed by atoms with Crippen molar-refractivity contribution in [2.75, 3.05) is 7.05 Å². The highest BCUT2D eigenvalue weighted by atomic mass is 16.2. The van der Waals surface area contributed by atoms with Gasteiger partial charge >= 0.3 is 0 Å². The van der Waals surface area contributed by atoms with Crippen LogP contribution < -0.4 is 5.73 Å². The first-order valence-corrected chi connectivity index (χ1v) is 5.43. The predicted molar refractivity (Wildman–Crippen MR) is 64.2 cm³/mol. The summed E-state index contributed by atoms with van der Waals surface area (Å²) >= 11 is 0. The zero-order valence-corrected chi connectivity index (χ0v) is 10.2. The molecular formula is C12H22N2O. The Morgan fingerprint density at radius 2 is 2.00 bits per heavy atom. The maximum Gasteiger partial charge on any atom is 0.246 e. The molecule has 1 amide bonds. The molecule has 86 valence electrons. The standard InChI is InChI=1S/C12H22N2O/c1-5-7-11(13)8-9-12(15)14(4)10(3)6-2/h7-10H,5-6,13H2,1-4H3/b9-8-,11-7-. The molecule has 3 heteroatoms. The number of hydrogen-bond donors (Lipinski definition) is 1. The molecule has 0 saturated carbocycles. The van der Waals surface area contributed by atoms with Crippen LogP contribution in [0.2, 0.25) is 0 Å². The fourth-order valence-corrected chi connectivity index (χ4v) is 1.08. The number of carbonyl (C=O) groups is 1. The molecular weight excluding hydrogens is 188 g/mol. The summed E-state index contributed by atoms with van der Waals surface area (Å²) in [4.78, 5) is 13.3. The van der Waals surface area contributed by atoms with Crippen molar-refractivity contribution < 1.29 is 4.79 Å². The molecule has 0 bridgehead atoms. The second kappa shape index (κ2) is 7.10. The zero-order chi connectivity index (χ0) is 11.8. The Bertz CT molecular complexity index is 256. The Morgan fingerprint density at radius 1 is 1.40 bits per heavy atom. The quantitative estimate of drug-likeness (QED) is 0.557. The van der Waals surface area contributed by atoms with E-state index in [-0.39, 0.29) is 11.9 Å². The number of nitrogens with zero attached hydrogens (tertiary/aromatic N) is 1. The Kier molecular flexibility index (Phi) is 6.50. The predicted octanol–water partition coefficient (Wildman–Crippen LogP) is 2.05. The van der Waals surface area contributed by atoms with Gasteiger partial charge in [-0.1, -0.05) is 19.9 Å². The smallest absolute Gasteiger partial charge is 0.246 e. The van der Waals surface area contributed by atoms with Crippen LogP contribution in [0.15, 0.2) is 23.9 Å². The maximum absolute atomic E-state index is 11.6. The summed E-state index contributed by atoms with van der Waals surface area (Å²) in [7, 11) is 1.81. The van der Waals surface area contributed by atoms with Gasteiger partial charge in [0.1, 0.15) is 0 Å². The Balaban J connectivity index is 4.30. The van der Waals surface area contributed by atoms with E-state index in [1.54, 1.807) is 18.0 Å². The molecule has 0 aliphatic carbocycles. The number of hydrogen-bond acceptors (Lipinski definition) is 2. The topological polar surface area (TPSA) is 46.3 Å². The van der Waals surface area contributed by atoms with E-state index in [0.29, 0.717) is 5.70 Å². The highest BCUT2D eigenvalue weighted by molar-refractivity contribution is 5.88. The van der Waals surface area contributed by atoms with Crippen LogP contribution in [0.3, 0.4) is 0 Å². The van der Waals surface area contributed by atoms with E-state index in [1.165, 1.54) is 6.08 Å². The average Bonchev–Trinajstić information content (AvgIpc) is 2.24. The van der Waals surface area contributed by atoms with E-state index in [2.05, 4.69) is 6.92 Å². The minimum atomic E-state index is -0.00296. The first-order chi connectivity index (χ1) is 7.02. The minimum absolute atomic E-state index is 0.00296. The number of likely N-dealkylation sites (N-methyl/N-ethyl adjacent to an activating group) is 1. The van der Waals surface area contributed by atoms with Crippen LogP contribution in [0.5, 0.6) is 0 Å². The summed E-state index contributed by atoms with van der Waals surface area (Å²) in [5, 5.41) is 0. The van der Waals surface area contributed by atoms with Crippen LogP contribution in [0.25, 0.3) is 0 Å². The first kappa shape index (κ1) is 13.8. The van der Waals surface area contributed by atoms with Gasteiger partial charge in [0.15, 0.2) is 0 Å². The number of nitrogens with two attached hydrogens (primary N) is 1. The van der Waals surface area contributed by atoms with Gasteiger partial charge in [-0.05, 0) is 25.8 Å². The van der Waals surface area contributed by atoms with Crippen molar-refractivity contribution in [3.8, 4) is 0 Å². The van der Waals surface area contributed by atoms with Gasteiger partial charge in [0.05, 0.1) is 0 Å². The first-order valence-electron chi connectivity index (χ1n) is 5.43. The molecule has 0 aliphatic heterocycles.